The molecular weight excluding hydrogens is 254 g/mol. The normalized spacial score (nSPS) is 10.1. The summed E-state index contributed by atoms with van der Waals surface area (Å²) < 4.78 is 5.17. The molecule has 0 saturated carbocycles. The summed E-state index contributed by atoms with van der Waals surface area (Å²) in [5.74, 6) is -0.299. The van der Waals surface area contributed by atoms with Crippen molar-refractivity contribution >= 4 is 11.7 Å². The van der Waals surface area contributed by atoms with Crippen LogP contribution in [-0.2, 0) is 6.54 Å². The third-order valence-electron chi connectivity index (χ3n) is 3.11. The van der Waals surface area contributed by atoms with E-state index in [2.05, 4.69) is 0 Å². The lowest BCUT2D eigenvalue weighted by Gasteiger charge is -2.22. The Morgan fingerprint density at radius 3 is 2.50 bits per heavy atom. The number of anilines is 1. The van der Waals surface area contributed by atoms with Crippen molar-refractivity contribution in [2.75, 3.05) is 19.1 Å². The van der Waals surface area contributed by atoms with Crippen LogP contribution in [0.5, 0.6) is 5.75 Å². The lowest BCUT2D eigenvalue weighted by molar-refractivity contribution is 0.0697. The van der Waals surface area contributed by atoms with Crippen molar-refractivity contribution in [2.24, 2.45) is 0 Å². The summed E-state index contributed by atoms with van der Waals surface area (Å²) in [5.41, 5.74) is 2.03. The predicted octanol–water partition coefficient (Wildman–Crippen LogP) is 3.03. The first-order valence-corrected chi connectivity index (χ1v) is 6.28. The molecule has 0 unspecified atom stereocenters. The molecule has 0 aliphatic rings. The fourth-order valence-corrected chi connectivity index (χ4v) is 2.08. The highest BCUT2D eigenvalue weighted by molar-refractivity contribution is 5.94. The van der Waals surface area contributed by atoms with Crippen molar-refractivity contribution in [1.29, 1.82) is 0 Å². The van der Waals surface area contributed by atoms with Crippen molar-refractivity contribution in [2.45, 2.75) is 6.54 Å². The average Bonchev–Trinajstić information content (AvgIpc) is 2.47. The molecule has 2 aromatic rings. The van der Waals surface area contributed by atoms with Gasteiger partial charge in [-0.25, -0.2) is 4.79 Å². The lowest BCUT2D eigenvalue weighted by Crippen LogP contribution is -2.19. The van der Waals surface area contributed by atoms with Gasteiger partial charge in [-0.05, 0) is 17.7 Å². The van der Waals surface area contributed by atoms with Gasteiger partial charge in [0, 0.05) is 19.7 Å². The van der Waals surface area contributed by atoms with Gasteiger partial charge in [-0.3, -0.25) is 0 Å². The van der Waals surface area contributed by atoms with Crippen LogP contribution in [0.2, 0.25) is 0 Å². The summed E-state index contributed by atoms with van der Waals surface area (Å²) in [5, 5.41) is 9.28. The summed E-state index contributed by atoms with van der Waals surface area (Å²) in [4.78, 5) is 13.2. The highest BCUT2D eigenvalue weighted by Crippen LogP contribution is 2.26. The molecule has 0 spiro atoms. The number of carboxylic acid groups (broad SMARTS) is 1. The molecule has 0 radical (unpaired) electrons. The molecule has 0 aromatic heterocycles. The number of carboxylic acids is 1. The van der Waals surface area contributed by atoms with Crippen molar-refractivity contribution in [3.05, 3.63) is 59.7 Å². The number of ether oxygens (including phenoxy) is 1. The van der Waals surface area contributed by atoms with E-state index < -0.39 is 5.97 Å². The predicted molar refractivity (Wildman–Crippen MR) is 78.5 cm³/mol. The van der Waals surface area contributed by atoms with Gasteiger partial charge in [0.05, 0.1) is 18.4 Å². The van der Waals surface area contributed by atoms with E-state index in [-0.39, 0.29) is 5.56 Å². The van der Waals surface area contributed by atoms with Gasteiger partial charge in [-0.15, -0.1) is 0 Å². The van der Waals surface area contributed by atoms with Gasteiger partial charge in [0.1, 0.15) is 5.75 Å². The molecule has 0 heterocycles. The maximum atomic E-state index is 11.3. The molecule has 0 atom stereocenters. The zero-order chi connectivity index (χ0) is 14.5. The van der Waals surface area contributed by atoms with Crippen LogP contribution >= 0.6 is 0 Å². The molecule has 104 valence electrons. The molecule has 20 heavy (non-hydrogen) atoms. The molecule has 2 aromatic carbocycles. The van der Waals surface area contributed by atoms with E-state index in [0.29, 0.717) is 18.0 Å². The molecule has 4 nitrogen and oxygen atoms in total. The van der Waals surface area contributed by atoms with Gasteiger partial charge in [0.2, 0.25) is 0 Å². The minimum absolute atomic E-state index is 0.268. The molecule has 2 rings (SSSR count). The Morgan fingerprint density at radius 1 is 1.20 bits per heavy atom. The summed E-state index contributed by atoms with van der Waals surface area (Å²) in [7, 11) is 3.44. The van der Waals surface area contributed by atoms with E-state index in [1.165, 1.54) is 0 Å². The van der Waals surface area contributed by atoms with Crippen molar-refractivity contribution in [1.82, 2.24) is 0 Å². The van der Waals surface area contributed by atoms with Crippen LogP contribution in [0.15, 0.2) is 48.5 Å². The molecule has 0 bridgehead atoms. The minimum atomic E-state index is -0.942. The summed E-state index contributed by atoms with van der Waals surface area (Å²) in [6, 6.07) is 14.9. The van der Waals surface area contributed by atoms with Crippen molar-refractivity contribution < 1.29 is 14.6 Å². The maximum absolute atomic E-state index is 11.3. The molecule has 0 fully saturated rings. The molecule has 1 N–H and O–H groups in total. The van der Waals surface area contributed by atoms with Crippen LogP contribution in [0.3, 0.4) is 0 Å². The number of hydrogen-bond donors (Lipinski definition) is 1. The Bertz CT molecular complexity index is 596. The summed E-state index contributed by atoms with van der Waals surface area (Å²) in [6.45, 7) is 0.633. The van der Waals surface area contributed by atoms with Crippen LogP contribution in [0, 0.1) is 0 Å². The Labute approximate surface area is 118 Å². The molecule has 0 aliphatic heterocycles. The van der Waals surface area contributed by atoms with Crippen LogP contribution in [0.25, 0.3) is 0 Å². The van der Waals surface area contributed by atoms with Crippen LogP contribution in [0.1, 0.15) is 15.9 Å². The van der Waals surface area contributed by atoms with Gasteiger partial charge in [-0.2, -0.15) is 0 Å². The Hall–Kier alpha value is -2.49. The third-order valence-corrected chi connectivity index (χ3v) is 3.11. The van der Waals surface area contributed by atoms with Gasteiger partial charge < -0.3 is 14.7 Å². The molecule has 0 amide bonds. The van der Waals surface area contributed by atoms with Crippen LogP contribution in [-0.4, -0.2) is 25.2 Å². The van der Waals surface area contributed by atoms with Gasteiger partial charge in [0.15, 0.2) is 0 Å². The minimum Gasteiger partial charge on any atom is -0.497 e. The molecular formula is C16H17NO3. The number of aromatic carboxylic acids is 1. The second kappa shape index (κ2) is 6.10. The van der Waals surface area contributed by atoms with E-state index in [9.17, 15) is 9.90 Å². The molecule has 0 saturated heterocycles. The Kier molecular flexibility index (Phi) is 4.25. The van der Waals surface area contributed by atoms with E-state index in [4.69, 9.17) is 4.74 Å². The first-order valence-electron chi connectivity index (χ1n) is 6.28. The van der Waals surface area contributed by atoms with Crippen molar-refractivity contribution in [3.8, 4) is 5.75 Å². The van der Waals surface area contributed by atoms with Crippen LogP contribution in [0.4, 0.5) is 5.69 Å². The molecule has 4 heteroatoms. The number of benzene rings is 2. The second-order valence-electron chi connectivity index (χ2n) is 4.53. The van der Waals surface area contributed by atoms with Crippen molar-refractivity contribution in [3.63, 3.8) is 0 Å². The lowest BCUT2D eigenvalue weighted by atomic mass is 10.1. The quantitative estimate of drug-likeness (QED) is 0.908. The standard InChI is InChI=1S/C16H17NO3/c1-17(11-12-6-4-3-5-7-12)15-10-13(20-2)8-9-14(15)16(18)19/h3-10H,11H2,1-2H3,(H,18,19). The van der Waals surface area contributed by atoms with Gasteiger partial charge >= 0.3 is 5.97 Å². The van der Waals surface area contributed by atoms with Gasteiger partial charge in [-0.1, -0.05) is 30.3 Å². The van der Waals surface area contributed by atoms with Crippen LogP contribution < -0.4 is 9.64 Å². The highest BCUT2D eigenvalue weighted by Gasteiger charge is 2.14. The molecule has 0 aliphatic carbocycles. The van der Waals surface area contributed by atoms with E-state index >= 15 is 0 Å². The number of nitrogens with zero attached hydrogens (tertiary/aromatic N) is 1. The topological polar surface area (TPSA) is 49.8 Å². The average molecular weight is 271 g/mol. The largest absolute Gasteiger partial charge is 0.497 e. The van der Waals surface area contributed by atoms with E-state index in [1.807, 2.05) is 42.3 Å². The van der Waals surface area contributed by atoms with E-state index in [0.717, 1.165) is 5.56 Å². The number of methoxy groups -OCH3 is 1. The SMILES string of the molecule is COc1ccc(C(=O)O)c(N(C)Cc2ccccc2)c1. The number of hydrogen-bond acceptors (Lipinski definition) is 3. The highest BCUT2D eigenvalue weighted by atomic mass is 16.5. The zero-order valence-corrected chi connectivity index (χ0v) is 11.5. The smallest absolute Gasteiger partial charge is 0.337 e. The third kappa shape index (κ3) is 3.09. The Balaban J connectivity index is 2.32. The van der Waals surface area contributed by atoms with Gasteiger partial charge in [0.25, 0.3) is 0 Å². The number of rotatable bonds is 5. The second-order valence-corrected chi connectivity index (χ2v) is 4.53. The monoisotopic (exact) mass is 271 g/mol. The fourth-order valence-electron chi connectivity index (χ4n) is 2.08. The first-order chi connectivity index (χ1) is 9.61. The first kappa shape index (κ1) is 13.9. The Morgan fingerprint density at radius 2 is 1.90 bits per heavy atom. The fraction of sp³-hybridized carbons (Fsp3) is 0.188. The number of carbonyl (C=O) groups is 1. The maximum Gasteiger partial charge on any atom is 0.337 e. The van der Waals surface area contributed by atoms with E-state index in [1.54, 1.807) is 25.3 Å². The summed E-state index contributed by atoms with van der Waals surface area (Å²) in [6.07, 6.45) is 0. The summed E-state index contributed by atoms with van der Waals surface area (Å²) >= 11 is 0. The zero-order valence-electron chi connectivity index (χ0n) is 11.5.